The highest BCUT2D eigenvalue weighted by Crippen LogP contribution is 2.33. The minimum atomic E-state index is -4.52. The number of aromatic nitrogens is 1. The van der Waals surface area contributed by atoms with Gasteiger partial charge in [0.1, 0.15) is 5.82 Å². The van der Waals surface area contributed by atoms with Crippen molar-refractivity contribution >= 4 is 34.9 Å². The van der Waals surface area contributed by atoms with Gasteiger partial charge < -0.3 is 15.5 Å². The Morgan fingerprint density at radius 3 is 2.57 bits per heavy atom. The molecule has 1 aromatic carbocycles. The Labute approximate surface area is 176 Å². The van der Waals surface area contributed by atoms with E-state index >= 15 is 0 Å². The number of nitrogens with one attached hydrogen (secondary N) is 2. The fraction of sp³-hybridized carbons (Fsp3) is 0.350. The first-order valence-corrected chi connectivity index (χ1v) is 9.67. The summed E-state index contributed by atoms with van der Waals surface area (Å²) in [5.74, 6) is -0.264. The molecule has 3 rings (SSSR count). The van der Waals surface area contributed by atoms with Crippen LogP contribution in [0.2, 0.25) is 5.02 Å². The second-order valence-electron chi connectivity index (χ2n) is 6.92. The topological polar surface area (TPSA) is 74.3 Å². The summed E-state index contributed by atoms with van der Waals surface area (Å²) in [6, 6.07) is 7.58. The Morgan fingerprint density at radius 2 is 1.93 bits per heavy atom. The van der Waals surface area contributed by atoms with Crippen LogP contribution in [0.15, 0.2) is 36.5 Å². The highest BCUT2D eigenvalue weighted by Gasteiger charge is 2.33. The Bertz CT molecular complexity index is 948. The Morgan fingerprint density at radius 1 is 1.23 bits per heavy atom. The van der Waals surface area contributed by atoms with Crippen molar-refractivity contribution < 1.29 is 22.8 Å². The van der Waals surface area contributed by atoms with Gasteiger partial charge in [0.15, 0.2) is 0 Å². The third-order valence-corrected chi connectivity index (χ3v) is 4.93. The van der Waals surface area contributed by atoms with Crippen molar-refractivity contribution in [3.63, 3.8) is 0 Å². The molecule has 0 aliphatic heterocycles. The van der Waals surface area contributed by atoms with Crippen LogP contribution < -0.4 is 15.5 Å². The molecule has 2 amide bonds. The lowest BCUT2D eigenvalue weighted by molar-refractivity contribution is -0.137. The molecule has 2 aromatic rings. The first-order chi connectivity index (χ1) is 14.2. The number of halogens is 4. The number of alkyl halides is 3. The summed E-state index contributed by atoms with van der Waals surface area (Å²) in [5, 5.41) is 5.34. The second kappa shape index (κ2) is 8.91. The third kappa shape index (κ3) is 5.21. The number of benzene rings is 1. The van der Waals surface area contributed by atoms with E-state index in [-0.39, 0.29) is 41.7 Å². The van der Waals surface area contributed by atoms with Crippen molar-refractivity contribution in [1.29, 1.82) is 0 Å². The summed E-state index contributed by atoms with van der Waals surface area (Å²) in [7, 11) is 1.65. The first kappa shape index (κ1) is 21.9. The first-order valence-electron chi connectivity index (χ1n) is 9.30. The molecule has 0 saturated heterocycles. The zero-order chi connectivity index (χ0) is 21.9. The zero-order valence-corrected chi connectivity index (χ0v) is 16.8. The van der Waals surface area contributed by atoms with Gasteiger partial charge in [-0.1, -0.05) is 23.7 Å². The van der Waals surface area contributed by atoms with Crippen molar-refractivity contribution in [2.75, 3.05) is 30.4 Å². The van der Waals surface area contributed by atoms with Crippen molar-refractivity contribution in [2.45, 2.75) is 19.0 Å². The molecule has 160 valence electrons. The molecular formula is C20H20ClF3N4O2. The monoisotopic (exact) mass is 440 g/mol. The number of nitrogens with zero attached hydrogens (tertiary/aromatic N) is 2. The molecule has 0 bridgehead atoms. The molecule has 0 spiro atoms. The lowest BCUT2D eigenvalue weighted by Gasteiger charge is -2.20. The van der Waals surface area contributed by atoms with E-state index in [1.54, 1.807) is 31.3 Å². The number of rotatable bonds is 7. The number of para-hydroxylation sites is 1. The van der Waals surface area contributed by atoms with Crippen molar-refractivity contribution in [3.05, 3.63) is 52.7 Å². The molecule has 10 heteroatoms. The van der Waals surface area contributed by atoms with Gasteiger partial charge in [-0.25, -0.2) is 4.98 Å². The fourth-order valence-corrected chi connectivity index (χ4v) is 3.09. The number of hydrogen-bond acceptors (Lipinski definition) is 4. The van der Waals surface area contributed by atoms with Crippen LogP contribution in [-0.4, -0.2) is 36.9 Å². The van der Waals surface area contributed by atoms with Gasteiger partial charge in [0.05, 0.1) is 21.8 Å². The molecule has 0 atom stereocenters. The van der Waals surface area contributed by atoms with Crippen LogP contribution in [0, 0.1) is 5.92 Å². The molecule has 30 heavy (non-hydrogen) atoms. The number of anilines is 2. The van der Waals surface area contributed by atoms with Crippen LogP contribution in [0.25, 0.3) is 0 Å². The largest absolute Gasteiger partial charge is 0.417 e. The summed E-state index contributed by atoms with van der Waals surface area (Å²) < 4.78 is 38.0. The summed E-state index contributed by atoms with van der Waals surface area (Å²) in [4.78, 5) is 30.1. The van der Waals surface area contributed by atoms with E-state index in [9.17, 15) is 22.8 Å². The molecule has 1 fully saturated rings. The van der Waals surface area contributed by atoms with Gasteiger partial charge in [-0.2, -0.15) is 13.2 Å². The maximum atomic E-state index is 12.7. The van der Waals surface area contributed by atoms with E-state index in [1.807, 2.05) is 0 Å². The predicted octanol–water partition coefficient (Wildman–Crippen LogP) is 3.97. The highest BCUT2D eigenvalue weighted by atomic mass is 35.5. The molecule has 1 aliphatic carbocycles. The van der Waals surface area contributed by atoms with E-state index < -0.39 is 11.7 Å². The number of pyridine rings is 1. The molecule has 0 unspecified atom stereocenters. The van der Waals surface area contributed by atoms with Crippen molar-refractivity contribution in [1.82, 2.24) is 10.3 Å². The van der Waals surface area contributed by atoms with E-state index in [1.165, 1.54) is 4.90 Å². The van der Waals surface area contributed by atoms with Crippen LogP contribution in [0.3, 0.4) is 0 Å². The summed E-state index contributed by atoms with van der Waals surface area (Å²) in [6.07, 6.45) is -2.10. The van der Waals surface area contributed by atoms with Crippen LogP contribution in [-0.2, 0) is 11.0 Å². The average molecular weight is 441 g/mol. The highest BCUT2D eigenvalue weighted by molar-refractivity contribution is 6.33. The van der Waals surface area contributed by atoms with E-state index in [2.05, 4.69) is 15.6 Å². The smallest absolute Gasteiger partial charge is 0.367 e. The normalized spacial score (nSPS) is 13.6. The standard InChI is InChI=1S/C20H20ClF3N4O2/c1-28(19(30)12-6-7-12)16-5-3-2-4-14(16)18(29)26-9-8-25-17-15(21)10-13(11-27-17)20(22,23)24/h2-5,10-12H,6-9H2,1H3,(H,25,27)(H,26,29). The molecule has 1 saturated carbocycles. The number of carbonyl (C=O) groups excluding carboxylic acids is 2. The van der Waals surface area contributed by atoms with Gasteiger partial charge in [0.25, 0.3) is 5.91 Å². The third-order valence-electron chi connectivity index (χ3n) is 4.64. The number of amides is 2. The fourth-order valence-electron chi connectivity index (χ4n) is 2.86. The van der Waals surface area contributed by atoms with Crippen LogP contribution in [0.5, 0.6) is 0 Å². The van der Waals surface area contributed by atoms with Gasteiger partial charge >= 0.3 is 6.18 Å². The van der Waals surface area contributed by atoms with Crippen molar-refractivity contribution in [2.24, 2.45) is 5.92 Å². The van der Waals surface area contributed by atoms with Gasteiger partial charge in [-0.15, -0.1) is 0 Å². The lowest BCUT2D eigenvalue weighted by Crippen LogP contribution is -2.33. The molecular weight excluding hydrogens is 421 g/mol. The lowest BCUT2D eigenvalue weighted by atomic mass is 10.1. The van der Waals surface area contributed by atoms with E-state index in [0.717, 1.165) is 18.9 Å². The molecule has 1 aromatic heterocycles. The van der Waals surface area contributed by atoms with Gasteiger partial charge in [0, 0.05) is 32.3 Å². The van der Waals surface area contributed by atoms with E-state index in [0.29, 0.717) is 17.4 Å². The van der Waals surface area contributed by atoms with Crippen LogP contribution in [0.4, 0.5) is 24.7 Å². The molecule has 2 N–H and O–H groups in total. The Kier molecular flexibility index (Phi) is 6.50. The van der Waals surface area contributed by atoms with Crippen LogP contribution >= 0.6 is 11.6 Å². The SMILES string of the molecule is CN(C(=O)C1CC1)c1ccccc1C(=O)NCCNc1ncc(C(F)(F)F)cc1Cl. The van der Waals surface area contributed by atoms with E-state index in [4.69, 9.17) is 11.6 Å². The average Bonchev–Trinajstić information content (AvgIpc) is 3.55. The molecule has 0 radical (unpaired) electrons. The quantitative estimate of drug-likeness (QED) is 0.639. The Hall–Kier alpha value is -2.81. The second-order valence-corrected chi connectivity index (χ2v) is 7.33. The Balaban J connectivity index is 1.56. The maximum absolute atomic E-state index is 12.7. The summed E-state index contributed by atoms with van der Waals surface area (Å²) in [6.45, 7) is 0.370. The predicted molar refractivity (Wildman–Crippen MR) is 108 cm³/mol. The van der Waals surface area contributed by atoms with Crippen LogP contribution in [0.1, 0.15) is 28.8 Å². The molecule has 1 aliphatic rings. The zero-order valence-electron chi connectivity index (χ0n) is 16.1. The molecule has 1 heterocycles. The summed E-state index contributed by atoms with van der Waals surface area (Å²) in [5.41, 5.74) is -0.0557. The van der Waals surface area contributed by atoms with Crippen molar-refractivity contribution in [3.8, 4) is 0 Å². The number of hydrogen-bond donors (Lipinski definition) is 2. The summed E-state index contributed by atoms with van der Waals surface area (Å²) >= 11 is 5.84. The van der Waals surface area contributed by atoms with Gasteiger partial charge in [-0.3, -0.25) is 9.59 Å². The minimum absolute atomic E-state index is 0.0139. The molecule has 6 nitrogen and oxygen atoms in total. The number of carbonyl (C=O) groups is 2. The van der Waals surface area contributed by atoms with Gasteiger partial charge in [0.2, 0.25) is 5.91 Å². The maximum Gasteiger partial charge on any atom is 0.417 e. The van der Waals surface area contributed by atoms with Gasteiger partial charge in [-0.05, 0) is 31.0 Å². The minimum Gasteiger partial charge on any atom is -0.367 e.